The Balaban J connectivity index is 2.04. The first-order chi connectivity index (χ1) is 13.8. The molecule has 0 aliphatic heterocycles. The first-order valence-corrected chi connectivity index (χ1v) is 10.1. The third-order valence-electron chi connectivity index (χ3n) is 4.51. The van der Waals surface area contributed by atoms with E-state index in [2.05, 4.69) is 35.2 Å². The zero-order chi connectivity index (χ0) is 21.1. The topological polar surface area (TPSA) is 134 Å². The van der Waals surface area contributed by atoms with Gasteiger partial charge in [-0.3, -0.25) is 9.80 Å². The van der Waals surface area contributed by atoms with E-state index in [0.29, 0.717) is 11.7 Å². The van der Waals surface area contributed by atoms with E-state index in [9.17, 15) is 10.1 Å². The van der Waals surface area contributed by atoms with Crippen molar-refractivity contribution >= 4 is 44.8 Å². The molecule has 2 heterocycles. The molecule has 1 aromatic carbocycles. The second-order valence-corrected chi connectivity index (χ2v) is 8.16. The molecule has 150 valence electrons. The van der Waals surface area contributed by atoms with Gasteiger partial charge in [-0.1, -0.05) is 13.8 Å². The van der Waals surface area contributed by atoms with Crippen molar-refractivity contribution in [1.29, 1.82) is 5.26 Å². The Bertz CT molecular complexity index is 1090. The number of pyridine rings is 1. The lowest BCUT2D eigenvalue weighted by Gasteiger charge is -2.28. The molecule has 9 heteroatoms. The first kappa shape index (κ1) is 20.5. The number of carbonyl (C=O) groups excluding carboxylic acids is 1. The molecular formula is C20H23N7OS. The predicted molar refractivity (Wildman–Crippen MR) is 116 cm³/mol. The van der Waals surface area contributed by atoms with E-state index in [1.54, 1.807) is 5.51 Å². The third kappa shape index (κ3) is 4.45. The lowest BCUT2D eigenvalue weighted by molar-refractivity contribution is 0.100. The van der Waals surface area contributed by atoms with Crippen molar-refractivity contribution in [1.82, 2.24) is 9.97 Å². The van der Waals surface area contributed by atoms with Gasteiger partial charge in [0, 0.05) is 11.7 Å². The third-order valence-corrected chi connectivity index (χ3v) is 5.31. The van der Waals surface area contributed by atoms with Crippen molar-refractivity contribution in [2.45, 2.75) is 33.2 Å². The van der Waals surface area contributed by atoms with Gasteiger partial charge in [0.15, 0.2) is 5.82 Å². The number of nitrogens with zero attached hydrogens (tertiary/aromatic N) is 4. The Morgan fingerprint density at radius 1 is 1.34 bits per heavy atom. The minimum absolute atomic E-state index is 0.0459. The molecule has 29 heavy (non-hydrogen) atoms. The molecule has 1 amide bonds. The second-order valence-electron chi connectivity index (χ2n) is 7.28. The second kappa shape index (κ2) is 8.43. The van der Waals surface area contributed by atoms with Crippen LogP contribution in [0.1, 0.15) is 43.1 Å². The number of nitrogens with one attached hydrogen (secondary N) is 1. The van der Waals surface area contributed by atoms with Crippen LogP contribution in [0.15, 0.2) is 29.8 Å². The van der Waals surface area contributed by atoms with Gasteiger partial charge in [0.05, 0.1) is 26.9 Å². The average Bonchev–Trinajstić information content (AvgIpc) is 3.14. The fourth-order valence-corrected chi connectivity index (χ4v) is 3.86. The van der Waals surface area contributed by atoms with Gasteiger partial charge in [-0.2, -0.15) is 5.26 Å². The summed E-state index contributed by atoms with van der Waals surface area (Å²) < 4.78 is 0.996. The minimum Gasteiger partial charge on any atom is -0.365 e. The number of rotatable bonds is 7. The summed E-state index contributed by atoms with van der Waals surface area (Å²) in [7, 11) is 0. The number of fused-ring (bicyclic) bond motifs is 1. The van der Waals surface area contributed by atoms with Crippen LogP contribution in [0.5, 0.6) is 0 Å². The molecule has 0 radical (unpaired) electrons. The SMILES string of the molecule is CC(C)C[C@@H](C)N(N)c1nc(Nc2ccc3ncsc3c2)c(C(N)=O)cc1C#N. The van der Waals surface area contributed by atoms with E-state index in [-0.39, 0.29) is 23.0 Å². The quantitative estimate of drug-likeness (QED) is 0.401. The van der Waals surface area contributed by atoms with Gasteiger partial charge in [-0.15, -0.1) is 11.3 Å². The molecule has 1 atom stereocenters. The monoisotopic (exact) mass is 409 g/mol. The fraction of sp³-hybridized carbons (Fsp3) is 0.300. The van der Waals surface area contributed by atoms with Crippen molar-refractivity contribution < 1.29 is 4.79 Å². The number of thiazole rings is 1. The zero-order valence-corrected chi connectivity index (χ0v) is 17.3. The number of hydrogen-bond acceptors (Lipinski definition) is 8. The summed E-state index contributed by atoms with van der Waals surface area (Å²) >= 11 is 1.51. The van der Waals surface area contributed by atoms with Gasteiger partial charge in [0.1, 0.15) is 11.9 Å². The highest BCUT2D eigenvalue weighted by atomic mass is 32.1. The highest BCUT2D eigenvalue weighted by Gasteiger charge is 2.22. The summed E-state index contributed by atoms with van der Waals surface area (Å²) in [6.07, 6.45) is 0.825. The number of hydrogen-bond donors (Lipinski definition) is 3. The number of benzene rings is 1. The van der Waals surface area contributed by atoms with E-state index in [1.807, 2.05) is 25.1 Å². The van der Waals surface area contributed by atoms with E-state index < -0.39 is 5.91 Å². The molecule has 2 aromatic heterocycles. The number of aromatic nitrogens is 2. The predicted octanol–water partition coefficient (Wildman–Crippen LogP) is 3.52. The number of anilines is 3. The van der Waals surface area contributed by atoms with E-state index in [1.165, 1.54) is 22.4 Å². The van der Waals surface area contributed by atoms with Crippen LogP contribution in [0.4, 0.5) is 17.3 Å². The Labute approximate surface area is 173 Å². The molecule has 8 nitrogen and oxygen atoms in total. The molecule has 5 N–H and O–H groups in total. The zero-order valence-electron chi connectivity index (χ0n) is 16.5. The summed E-state index contributed by atoms with van der Waals surface area (Å²) in [4.78, 5) is 20.8. The summed E-state index contributed by atoms with van der Waals surface area (Å²) in [6.45, 7) is 6.17. The van der Waals surface area contributed by atoms with Gasteiger partial charge >= 0.3 is 0 Å². The van der Waals surface area contributed by atoms with Crippen molar-refractivity contribution in [2.75, 3.05) is 10.3 Å². The molecule has 0 bridgehead atoms. The molecular weight excluding hydrogens is 386 g/mol. The normalized spacial score (nSPS) is 12.0. The number of nitrogens with two attached hydrogens (primary N) is 2. The van der Waals surface area contributed by atoms with E-state index >= 15 is 0 Å². The van der Waals surface area contributed by atoms with Crippen molar-refractivity contribution in [3.63, 3.8) is 0 Å². The molecule has 0 aliphatic rings. The van der Waals surface area contributed by atoms with Gasteiger partial charge in [0.2, 0.25) is 0 Å². The summed E-state index contributed by atoms with van der Waals surface area (Å²) in [5.74, 6) is 6.58. The van der Waals surface area contributed by atoms with Crippen LogP contribution in [0.2, 0.25) is 0 Å². The molecule has 0 aliphatic carbocycles. The van der Waals surface area contributed by atoms with Crippen molar-refractivity contribution in [3.8, 4) is 6.07 Å². The van der Waals surface area contributed by atoms with Gasteiger partial charge < -0.3 is 11.1 Å². The number of hydrazine groups is 1. The molecule has 0 saturated heterocycles. The van der Waals surface area contributed by atoms with Crippen LogP contribution in [0.3, 0.4) is 0 Å². The summed E-state index contributed by atoms with van der Waals surface area (Å²) in [6, 6.07) is 9.08. The van der Waals surface area contributed by atoms with Crippen LogP contribution in [-0.2, 0) is 0 Å². The molecule has 0 unspecified atom stereocenters. The van der Waals surface area contributed by atoms with Crippen LogP contribution in [0.25, 0.3) is 10.2 Å². The number of primary amides is 1. The van der Waals surface area contributed by atoms with Crippen LogP contribution >= 0.6 is 11.3 Å². The van der Waals surface area contributed by atoms with Crippen LogP contribution in [0, 0.1) is 17.2 Å². The van der Waals surface area contributed by atoms with Gasteiger partial charge in [-0.25, -0.2) is 15.8 Å². The summed E-state index contributed by atoms with van der Waals surface area (Å²) in [5.41, 5.74) is 9.24. The Morgan fingerprint density at radius 2 is 2.10 bits per heavy atom. The standard InChI is InChI=1S/C20H23N7OS/c1-11(2)6-12(3)27(23)20-13(9-21)7-15(18(22)28)19(26-20)25-14-4-5-16-17(8-14)29-10-24-16/h4-5,7-8,10-12H,6,23H2,1-3H3,(H2,22,28)(H,25,26)/t12-/m1/s1. The number of nitriles is 1. The van der Waals surface area contributed by atoms with Crippen LogP contribution in [-0.4, -0.2) is 21.9 Å². The minimum atomic E-state index is -0.680. The van der Waals surface area contributed by atoms with Gasteiger partial charge in [-0.05, 0) is 43.5 Å². The molecule has 0 saturated carbocycles. The molecule has 3 aromatic rings. The first-order valence-electron chi connectivity index (χ1n) is 9.19. The smallest absolute Gasteiger partial charge is 0.252 e. The van der Waals surface area contributed by atoms with E-state index in [0.717, 1.165) is 22.3 Å². The Morgan fingerprint density at radius 3 is 2.76 bits per heavy atom. The van der Waals surface area contributed by atoms with Crippen LogP contribution < -0.4 is 21.9 Å². The lowest BCUT2D eigenvalue weighted by Crippen LogP contribution is -2.41. The number of amides is 1. The lowest BCUT2D eigenvalue weighted by atomic mass is 10.0. The highest BCUT2D eigenvalue weighted by Crippen LogP contribution is 2.29. The van der Waals surface area contributed by atoms with Gasteiger partial charge in [0.25, 0.3) is 5.91 Å². The largest absolute Gasteiger partial charge is 0.365 e. The molecule has 3 rings (SSSR count). The average molecular weight is 410 g/mol. The van der Waals surface area contributed by atoms with Crippen molar-refractivity contribution in [2.24, 2.45) is 17.5 Å². The fourth-order valence-electron chi connectivity index (χ4n) is 3.14. The van der Waals surface area contributed by atoms with E-state index in [4.69, 9.17) is 11.6 Å². The Kier molecular flexibility index (Phi) is 5.96. The molecule has 0 spiro atoms. The van der Waals surface area contributed by atoms with Crippen molar-refractivity contribution in [3.05, 3.63) is 40.9 Å². The number of carbonyl (C=O) groups is 1. The maximum Gasteiger partial charge on any atom is 0.252 e. The maximum atomic E-state index is 12.0. The Hall–Kier alpha value is -3.22. The highest BCUT2D eigenvalue weighted by molar-refractivity contribution is 7.16. The maximum absolute atomic E-state index is 12.0. The summed E-state index contributed by atoms with van der Waals surface area (Å²) in [5, 5.41) is 14.2. The molecule has 0 fully saturated rings.